The molecule has 1 aliphatic carbocycles. The molecule has 0 atom stereocenters. The van der Waals surface area contributed by atoms with Crippen molar-refractivity contribution in [3.05, 3.63) is 45.9 Å². The minimum atomic E-state index is -0.00176. The average molecular weight is 343 g/mol. The molecule has 2 nitrogen and oxygen atoms in total. The second kappa shape index (κ2) is 6.58. The number of carbonyl (C=O) groups is 1. The molecule has 1 aromatic carbocycles. The maximum atomic E-state index is 12.7. The zero-order valence-corrected chi connectivity index (χ0v) is 13.1. The molecule has 0 heterocycles. The van der Waals surface area contributed by atoms with Crippen LogP contribution in [0, 0.1) is 0 Å². The summed E-state index contributed by atoms with van der Waals surface area (Å²) >= 11 is 9.58. The third-order valence-corrected chi connectivity index (χ3v) is 4.83. The van der Waals surface area contributed by atoms with Crippen LogP contribution in [-0.4, -0.2) is 23.4 Å². The van der Waals surface area contributed by atoms with E-state index in [4.69, 9.17) is 11.6 Å². The first-order valence-corrected chi connectivity index (χ1v) is 7.68. The summed E-state index contributed by atoms with van der Waals surface area (Å²) in [5, 5.41) is 0.486. The molecule has 102 valence electrons. The van der Waals surface area contributed by atoms with Gasteiger partial charge in [-0.3, -0.25) is 4.79 Å². The van der Waals surface area contributed by atoms with E-state index in [1.54, 1.807) is 12.1 Å². The Labute approximate surface area is 127 Å². The molecule has 1 aliphatic rings. The van der Waals surface area contributed by atoms with E-state index in [0.717, 1.165) is 17.3 Å². The van der Waals surface area contributed by atoms with Crippen LogP contribution in [0.5, 0.6) is 0 Å². The Kier molecular flexibility index (Phi) is 5.06. The molecule has 1 saturated carbocycles. The first-order chi connectivity index (χ1) is 9.15. The van der Waals surface area contributed by atoms with Crippen LogP contribution in [0.4, 0.5) is 0 Å². The predicted octanol–water partition coefficient (Wildman–Crippen LogP) is 4.67. The van der Waals surface area contributed by atoms with Gasteiger partial charge in [0, 0.05) is 17.1 Å². The fourth-order valence-electron chi connectivity index (χ4n) is 2.58. The van der Waals surface area contributed by atoms with Crippen molar-refractivity contribution in [1.82, 2.24) is 4.90 Å². The molecule has 0 bridgehead atoms. The van der Waals surface area contributed by atoms with Crippen molar-refractivity contribution in [2.45, 2.75) is 31.7 Å². The highest BCUT2D eigenvalue weighted by Gasteiger charge is 2.27. The highest BCUT2D eigenvalue weighted by Crippen LogP contribution is 2.30. The predicted molar refractivity (Wildman–Crippen MR) is 82.6 cm³/mol. The number of amides is 1. The van der Waals surface area contributed by atoms with Crippen LogP contribution in [0.25, 0.3) is 0 Å². The number of hydrogen-bond acceptors (Lipinski definition) is 1. The molecule has 0 aromatic heterocycles. The first kappa shape index (κ1) is 14.6. The highest BCUT2D eigenvalue weighted by molar-refractivity contribution is 9.10. The molecule has 0 N–H and O–H groups in total. The molecule has 0 saturated heterocycles. The third-order valence-electron chi connectivity index (χ3n) is 3.53. The van der Waals surface area contributed by atoms with E-state index >= 15 is 0 Å². The van der Waals surface area contributed by atoms with Gasteiger partial charge in [0.05, 0.1) is 10.6 Å². The largest absolute Gasteiger partial charge is 0.332 e. The van der Waals surface area contributed by atoms with Crippen LogP contribution >= 0.6 is 27.5 Å². The van der Waals surface area contributed by atoms with Crippen molar-refractivity contribution < 1.29 is 4.79 Å². The molecular weight excluding hydrogens is 326 g/mol. The van der Waals surface area contributed by atoms with Crippen LogP contribution in [-0.2, 0) is 0 Å². The fourth-order valence-corrected chi connectivity index (χ4v) is 3.15. The number of hydrogen-bond donors (Lipinski definition) is 0. The maximum Gasteiger partial charge on any atom is 0.255 e. The molecule has 1 fully saturated rings. The molecule has 4 heteroatoms. The van der Waals surface area contributed by atoms with Crippen molar-refractivity contribution >= 4 is 33.4 Å². The summed E-state index contributed by atoms with van der Waals surface area (Å²) in [6.45, 7) is 4.33. The number of halogens is 2. The zero-order valence-electron chi connectivity index (χ0n) is 10.7. The summed E-state index contributed by atoms with van der Waals surface area (Å²) in [6, 6.07) is 5.78. The van der Waals surface area contributed by atoms with Crippen molar-refractivity contribution in [3.63, 3.8) is 0 Å². The number of rotatable bonds is 4. The van der Waals surface area contributed by atoms with Crippen LogP contribution in [0.3, 0.4) is 0 Å². The molecular formula is C15H17BrClNO. The van der Waals surface area contributed by atoms with E-state index in [2.05, 4.69) is 22.5 Å². The van der Waals surface area contributed by atoms with Gasteiger partial charge in [-0.2, -0.15) is 0 Å². The smallest absolute Gasteiger partial charge is 0.255 e. The van der Waals surface area contributed by atoms with Gasteiger partial charge in [-0.15, -0.1) is 6.58 Å². The average Bonchev–Trinajstić information content (AvgIpc) is 2.92. The Morgan fingerprint density at radius 1 is 1.47 bits per heavy atom. The summed E-state index contributed by atoms with van der Waals surface area (Å²) in [4.78, 5) is 14.6. The second-order valence-corrected chi connectivity index (χ2v) is 6.02. The summed E-state index contributed by atoms with van der Waals surface area (Å²) in [5.41, 5.74) is 0.560. The quantitative estimate of drug-likeness (QED) is 0.728. The third kappa shape index (κ3) is 3.21. The first-order valence-electron chi connectivity index (χ1n) is 6.51. The van der Waals surface area contributed by atoms with Crippen molar-refractivity contribution in [2.75, 3.05) is 6.54 Å². The van der Waals surface area contributed by atoms with Crippen molar-refractivity contribution in [2.24, 2.45) is 0 Å². The van der Waals surface area contributed by atoms with Gasteiger partial charge in [0.1, 0.15) is 0 Å². The van der Waals surface area contributed by atoms with Crippen LogP contribution in [0.1, 0.15) is 36.0 Å². The second-order valence-electron chi connectivity index (χ2n) is 4.79. The summed E-state index contributed by atoms with van der Waals surface area (Å²) in [7, 11) is 0. The summed E-state index contributed by atoms with van der Waals surface area (Å²) in [6.07, 6.45) is 6.31. The Morgan fingerprint density at radius 2 is 2.16 bits per heavy atom. The van der Waals surface area contributed by atoms with Gasteiger partial charge in [0.25, 0.3) is 5.91 Å². The van der Waals surface area contributed by atoms with Crippen LogP contribution < -0.4 is 0 Å². The van der Waals surface area contributed by atoms with Gasteiger partial charge in [-0.1, -0.05) is 36.6 Å². The van der Waals surface area contributed by atoms with Crippen LogP contribution in [0.2, 0.25) is 5.02 Å². The lowest BCUT2D eigenvalue weighted by Gasteiger charge is -2.28. The van der Waals surface area contributed by atoms with Gasteiger partial charge in [-0.25, -0.2) is 0 Å². The van der Waals surface area contributed by atoms with Gasteiger partial charge >= 0.3 is 0 Å². The van der Waals surface area contributed by atoms with Gasteiger partial charge < -0.3 is 4.90 Å². The monoisotopic (exact) mass is 341 g/mol. The molecule has 1 amide bonds. The Hall–Kier alpha value is -0.800. The fraction of sp³-hybridized carbons (Fsp3) is 0.400. The van der Waals surface area contributed by atoms with Crippen molar-refractivity contribution in [3.8, 4) is 0 Å². The topological polar surface area (TPSA) is 20.3 Å². The van der Waals surface area contributed by atoms with Gasteiger partial charge in [0.2, 0.25) is 0 Å². The number of benzene rings is 1. The van der Waals surface area contributed by atoms with E-state index in [9.17, 15) is 4.79 Å². The summed E-state index contributed by atoms with van der Waals surface area (Å²) in [5.74, 6) is -0.00176. The number of carbonyl (C=O) groups excluding carboxylic acids is 1. The maximum absolute atomic E-state index is 12.7. The molecule has 19 heavy (non-hydrogen) atoms. The Bertz CT molecular complexity index is 483. The van der Waals surface area contributed by atoms with E-state index in [0.29, 0.717) is 23.2 Å². The lowest BCUT2D eigenvalue weighted by Crippen LogP contribution is -2.39. The minimum absolute atomic E-state index is 0.00176. The van der Waals surface area contributed by atoms with Gasteiger partial charge in [-0.05, 0) is 40.9 Å². The van der Waals surface area contributed by atoms with Gasteiger partial charge in [0.15, 0.2) is 0 Å². The molecule has 1 aromatic rings. The van der Waals surface area contributed by atoms with Crippen LogP contribution in [0.15, 0.2) is 35.3 Å². The highest BCUT2D eigenvalue weighted by atomic mass is 79.9. The SMILES string of the molecule is C=CCN(C(=O)c1cccc(Br)c1Cl)C1CCCC1. The van der Waals surface area contributed by atoms with E-state index in [1.165, 1.54) is 12.8 Å². The molecule has 0 radical (unpaired) electrons. The van der Waals surface area contributed by atoms with E-state index in [1.807, 2.05) is 17.0 Å². The van der Waals surface area contributed by atoms with Crippen molar-refractivity contribution in [1.29, 1.82) is 0 Å². The Balaban J connectivity index is 2.28. The standard InChI is InChI=1S/C15H17BrClNO/c1-2-10-18(11-6-3-4-7-11)15(19)12-8-5-9-13(16)14(12)17/h2,5,8-9,11H,1,3-4,6-7,10H2. The minimum Gasteiger partial charge on any atom is -0.332 e. The zero-order chi connectivity index (χ0) is 13.8. The number of nitrogens with zero attached hydrogens (tertiary/aromatic N) is 1. The lowest BCUT2D eigenvalue weighted by molar-refractivity contribution is 0.0706. The summed E-state index contributed by atoms with van der Waals surface area (Å²) < 4.78 is 0.755. The lowest BCUT2D eigenvalue weighted by atomic mass is 10.1. The molecule has 0 spiro atoms. The van der Waals surface area contributed by atoms with E-state index in [-0.39, 0.29) is 5.91 Å². The molecule has 2 rings (SSSR count). The van der Waals surface area contributed by atoms with E-state index < -0.39 is 0 Å². The molecule has 0 aliphatic heterocycles. The normalized spacial score (nSPS) is 15.5. The molecule has 0 unspecified atom stereocenters. The Morgan fingerprint density at radius 3 is 2.79 bits per heavy atom.